The molecule has 6 nitrogen and oxygen atoms in total. The normalized spacial score (nSPS) is 11.5. The molecule has 0 aliphatic carbocycles. The smallest absolute Gasteiger partial charge is 0.290 e. The number of sulfone groups is 1. The summed E-state index contributed by atoms with van der Waals surface area (Å²) in [5.41, 5.74) is 0.335. The summed E-state index contributed by atoms with van der Waals surface area (Å²) in [5.74, 6) is 0.719. The van der Waals surface area contributed by atoms with Crippen molar-refractivity contribution in [2.45, 2.75) is 24.1 Å². The molecule has 0 N–H and O–H groups in total. The van der Waals surface area contributed by atoms with Crippen LogP contribution in [-0.2, 0) is 22.1 Å². The molecular formula is C19H19NO5S. The molecular weight excluding hydrogens is 354 g/mol. The van der Waals surface area contributed by atoms with Crippen LogP contribution in [0.5, 0.6) is 0 Å². The fourth-order valence-electron chi connectivity index (χ4n) is 2.60. The maximum absolute atomic E-state index is 12.7. The van der Waals surface area contributed by atoms with Crippen LogP contribution < -0.4 is 0 Å². The maximum Gasteiger partial charge on any atom is 0.290 e. The summed E-state index contributed by atoms with van der Waals surface area (Å²) in [5, 5.41) is 0. The van der Waals surface area contributed by atoms with Crippen LogP contribution in [0.3, 0.4) is 0 Å². The topological polar surface area (TPSA) is 80.7 Å². The Labute approximate surface area is 152 Å². The first kappa shape index (κ1) is 18.0. The molecule has 0 bridgehead atoms. The zero-order valence-electron chi connectivity index (χ0n) is 14.5. The summed E-state index contributed by atoms with van der Waals surface area (Å²) >= 11 is 0. The van der Waals surface area contributed by atoms with Crippen LogP contribution in [0, 0.1) is 6.92 Å². The van der Waals surface area contributed by atoms with Gasteiger partial charge in [-0.3, -0.25) is 4.79 Å². The zero-order chi connectivity index (χ0) is 18.7. The molecule has 3 aromatic rings. The first-order chi connectivity index (χ1) is 12.4. The summed E-state index contributed by atoms with van der Waals surface area (Å²) in [6.07, 6.45) is 1.33. The molecule has 7 heteroatoms. The summed E-state index contributed by atoms with van der Waals surface area (Å²) in [6, 6.07) is 13.3. The quantitative estimate of drug-likeness (QED) is 0.661. The van der Waals surface area contributed by atoms with Gasteiger partial charge in [0.05, 0.1) is 23.5 Å². The summed E-state index contributed by atoms with van der Waals surface area (Å²) in [6.45, 7) is 2.09. The molecule has 1 amide bonds. The van der Waals surface area contributed by atoms with E-state index in [2.05, 4.69) is 0 Å². The number of carbonyl (C=O) groups is 1. The van der Waals surface area contributed by atoms with Gasteiger partial charge in [-0.15, -0.1) is 0 Å². The highest BCUT2D eigenvalue weighted by Gasteiger charge is 2.24. The minimum Gasteiger partial charge on any atom is -0.464 e. The van der Waals surface area contributed by atoms with Crippen molar-refractivity contribution in [2.75, 3.05) is 7.05 Å². The Bertz CT molecular complexity index is 1000. The monoisotopic (exact) mass is 373 g/mol. The molecule has 2 aromatic heterocycles. The number of hydrogen-bond acceptors (Lipinski definition) is 5. The van der Waals surface area contributed by atoms with Gasteiger partial charge in [0.25, 0.3) is 5.91 Å². The van der Waals surface area contributed by atoms with Crippen molar-refractivity contribution < 1.29 is 22.0 Å². The van der Waals surface area contributed by atoms with Gasteiger partial charge in [-0.25, -0.2) is 8.42 Å². The van der Waals surface area contributed by atoms with Crippen LogP contribution in [0.25, 0.3) is 0 Å². The van der Waals surface area contributed by atoms with Gasteiger partial charge in [0.2, 0.25) is 0 Å². The fraction of sp³-hybridized carbons (Fsp3) is 0.211. The van der Waals surface area contributed by atoms with Gasteiger partial charge in [-0.2, -0.15) is 0 Å². The Morgan fingerprint density at radius 1 is 1.08 bits per heavy atom. The number of benzene rings is 1. The van der Waals surface area contributed by atoms with Crippen LogP contribution in [0.15, 0.2) is 68.5 Å². The minimum absolute atomic E-state index is 0.0234. The van der Waals surface area contributed by atoms with E-state index in [1.54, 1.807) is 31.3 Å². The molecule has 0 aliphatic rings. The third kappa shape index (κ3) is 3.88. The van der Waals surface area contributed by atoms with E-state index in [1.165, 1.54) is 29.4 Å². The summed E-state index contributed by atoms with van der Waals surface area (Å²) in [7, 11) is -1.96. The number of aryl methyl sites for hydroxylation is 1. The number of furan rings is 2. The van der Waals surface area contributed by atoms with Gasteiger partial charge in [-0.05, 0) is 37.3 Å². The molecule has 0 radical (unpaired) electrons. The van der Waals surface area contributed by atoms with Gasteiger partial charge in [0, 0.05) is 12.6 Å². The molecule has 0 aliphatic heterocycles. The number of nitrogens with zero attached hydrogens (tertiary/aromatic N) is 1. The lowest BCUT2D eigenvalue weighted by Gasteiger charge is -2.15. The lowest BCUT2D eigenvalue weighted by atomic mass is 10.2. The van der Waals surface area contributed by atoms with Gasteiger partial charge in [0.1, 0.15) is 11.5 Å². The van der Waals surface area contributed by atoms with E-state index in [0.29, 0.717) is 11.3 Å². The summed E-state index contributed by atoms with van der Waals surface area (Å²) < 4.78 is 35.9. The molecule has 0 fully saturated rings. The van der Waals surface area contributed by atoms with Crippen LogP contribution in [0.1, 0.15) is 27.6 Å². The predicted molar refractivity (Wildman–Crippen MR) is 95.3 cm³/mol. The lowest BCUT2D eigenvalue weighted by Crippen LogP contribution is -2.26. The zero-order valence-corrected chi connectivity index (χ0v) is 15.3. The van der Waals surface area contributed by atoms with E-state index in [0.717, 1.165) is 5.76 Å². The first-order valence-corrected chi connectivity index (χ1v) is 9.67. The van der Waals surface area contributed by atoms with Gasteiger partial charge in [-0.1, -0.05) is 18.2 Å². The molecule has 0 saturated heterocycles. The van der Waals surface area contributed by atoms with Crippen LogP contribution in [-0.4, -0.2) is 26.3 Å². The first-order valence-electron chi connectivity index (χ1n) is 8.02. The second-order valence-corrected chi connectivity index (χ2v) is 8.01. The molecule has 136 valence electrons. The van der Waals surface area contributed by atoms with Crippen molar-refractivity contribution >= 4 is 15.7 Å². The van der Waals surface area contributed by atoms with Crippen LogP contribution in [0.4, 0.5) is 0 Å². The Morgan fingerprint density at radius 3 is 2.46 bits per heavy atom. The molecule has 0 spiro atoms. The van der Waals surface area contributed by atoms with Crippen molar-refractivity contribution in [3.05, 3.63) is 77.6 Å². The predicted octanol–water partition coefficient (Wildman–Crippen LogP) is 3.43. The molecule has 26 heavy (non-hydrogen) atoms. The highest BCUT2D eigenvalue weighted by molar-refractivity contribution is 7.90. The Balaban J connectivity index is 1.78. The molecule has 2 heterocycles. The largest absolute Gasteiger partial charge is 0.464 e. The molecule has 0 saturated carbocycles. The average Bonchev–Trinajstić information content (AvgIpc) is 3.23. The molecule has 1 aromatic carbocycles. The second-order valence-electron chi connectivity index (χ2n) is 6.02. The third-order valence-corrected chi connectivity index (χ3v) is 5.61. The van der Waals surface area contributed by atoms with Crippen molar-refractivity contribution in [2.24, 2.45) is 0 Å². The molecule has 0 unspecified atom stereocenters. The van der Waals surface area contributed by atoms with E-state index in [1.807, 2.05) is 13.0 Å². The van der Waals surface area contributed by atoms with Crippen molar-refractivity contribution in [1.29, 1.82) is 0 Å². The van der Waals surface area contributed by atoms with E-state index in [4.69, 9.17) is 8.83 Å². The van der Waals surface area contributed by atoms with Crippen molar-refractivity contribution in [3.63, 3.8) is 0 Å². The van der Waals surface area contributed by atoms with Gasteiger partial charge in [0.15, 0.2) is 15.6 Å². The van der Waals surface area contributed by atoms with Crippen LogP contribution in [0.2, 0.25) is 0 Å². The highest BCUT2D eigenvalue weighted by Crippen LogP contribution is 2.21. The Hall–Kier alpha value is -2.80. The standard InChI is InChI=1S/C19H19NO5S/c1-14-8-9-16(25-14)12-20(2)19(21)18-15(10-11-24-18)13-26(22,23)17-6-4-3-5-7-17/h3-11H,12-13H2,1-2H3. The summed E-state index contributed by atoms with van der Waals surface area (Å²) in [4.78, 5) is 14.3. The third-order valence-electron chi connectivity index (χ3n) is 3.92. The van der Waals surface area contributed by atoms with Gasteiger partial charge < -0.3 is 13.7 Å². The van der Waals surface area contributed by atoms with Crippen LogP contribution >= 0.6 is 0 Å². The SMILES string of the molecule is Cc1ccc(CN(C)C(=O)c2occc2CS(=O)(=O)c2ccccc2)o1. The Morgan fingerprint density at radius 2 is 1.81 bits per heavy atom. The number of carbonyl (C=O) groups excluding carboxylic acids is 1. The number of rotatable bonds is 6. The Kier molecular flexibility index (Phi) is 4.99. The fourth-order valence-corrected chi connectivity index (χ4v) is 3.98. The van der Waals surface area contributed by atoms with E-state index >= 15 is 0 Å². The average molecular weight is 373 g/mol. The molecule has 0 atom stereocenters. The van der Waals surface area contributed by atoms with Gasteiger partial charge >= 0.3 is 0 Å². The second kappa shape index (κ2) is 7.21. The van der Waals surface area contributed by atoms with E-state index in [-0.39, 0.29) is 23.0 Å². The van der Waals surface area contributed by atoms with Crippen molar-refractivity contribution in [1.82, 2.24) is 4.90 Å². The number of amides is 1. The van der Waals surface area contributed by atoms with E-state index in [9.17, 15) is 13.2 Å². The van der Waals surface area contributed by atoms with E-state index < -0.39 is 15.7 Å². The number of hydrogen-bond donors (Lipinski definition) is 0. The lowest BCUT2D eigenvalue weighted by molar-refractivity contribution is 0.0742. The maximum atomic E-state index is 12.7. The van der Waals surface area contributed by atoms with Crippen molar-refractivity contribution in [3.8, 4) is 0 Å². The highest BCUT2D eigenvalue weighted by atomic mass is 32.2. The minimum atomic E-state index is -3.57. The molecule has 3 rings (SSSR count).